The number of nitrogens with zero attached hydrogens (tertiary/aromatic N) is 2. The fourth-order valence-electron chi connectivity index (χ4n) is 1.84. The minimum atomic E-state index is -3.85. The van der Waals surface area contributed by atoms with Crippen LogP contribution in [0.3, 0.4) is 0 Å². The van der Waals surface area contributed by atoms with Crippen molar-refractivity contribution in [1.29, 1.82) is 0 Å². The maximum Gasteiger partial charge on any atom is 0.259 e. The number of aromatic nitrogens is 2. The summed E-state index contributed by atoms with van der Waals surface area (Å²) >= 11 is 5.91. The van der Waals surface area contributed by atoms with Crippen molar-refractivity contribution < 1.29 is 13.2 Å². The summed E-state index contributed by atoms with van der Waals surface area (Å²) in [5.41, 5.74) is 0.437. The number of rotatable bonds is 6. The van der Waals surface area contributed by atoms with E-state index in [0.29, 0.717) is 12.2 Å². The third-order valence-electron chi connectivity index (χ3n) is 2.72. The van der Waals surface area contributed by atoms with Crippen molar-refractivity contribution in [2.24, 2.45) is 0 Å². The Bertz CT molecular complexity index is 757. The molecule has 0 aliphatic heterocycles. The second kappa shape index (κ2) is 6.42. The Balaban J connectivity index is 2.18. The Morgan fingerprint density at radius 2 is 2.19 bits per heavy atom. The van der Waals surface area contributed by atoms with Crippen LogP contribution in [0, 0.1) is 0 Å². The van der Waals surface area contributed by atoms with Gasteiger partial charge in [-0.3, -0.25) is 9.20 Å². The number of hydrogen-bond donors (Lipinski definition) is 2. The molecule has 0 saturated heterocycles. The van der Waals surface area contributed by atoms with E-state index in [1.807, 2.05) is 0 Å². The lowest BCUT2D eigenvalue weighted by Gasteiger charge is -2.07. The summed E-state index contributed by atoms with van der Waals surface area (Å²) in [6, 6.07) is 5.07. The van der Waals surface area contributed by atoms with E-state index in [2.05, 4.69) is 15.0 Å². The van der Waals surface area contributed by atoms with Gasteiger partial charge in [-0.05, 0) is 19.1 Å². The van der Waals surface area contributed by atoms with Crippen LogP contribution in [0.25, 0.3) is 5.65 Å². The molecule has 0 bridgehead atoms. The first-order valence-corrected chi connectivity index (χ1v) is 8.20. The summed E-state index contributed by atoms with van der Waals surface area (Å²) in [5, 5.41) is 2.36. The van der Waals surface area contributed by atoms with E-state index in [-0.39, 0.29) is 29.1 Å². The van der Waals surface area contributed by atoms with Crippen LogP contribution in [-0.2, 0) is 14.8 Å². The SMILES string of the molecule is CCNC(=O)CCNS(=O)(=O)c1c(Cl)nc2ccccn12. The molecular weight excluding hydrogens is 316 g/mol. The average Bonchev–Trinajstić information content (AvgIpc) is 2.75. The highest BCUT2D eigenvalue weighted by molar-refractivity contribution is 7.89. The van der Waals surface area contributed by atoms with E-state index in [9.17, 15) is 13.2 Å². The minimum Gasteiger partial charge on any atom is -0.356 e. The van der Waals surface area contributed by atoms with E-state index in [1.54, 1.807) is 31.3 Å². The van der Waals surface area contributed by atoms with Crippen LogP contribution in [0.2, 0.25) is 5.15 Å². The van der Waals surface area contributed by atoms with E-state index in [4.69, 9.17) is 11.6 Å². The largest absolute Gasteiger partial charge is 0.356 e. The van der Waals surface area contributed by atoms with Gasteiger partial charge in [0.25, 0.3) is 10.0 Å². The fraction of sp³-hybridized carbons (Fsp3) is 0.333. The van der Waals surface area contributed by atoms with Crippen molar-refractivity contribution in [2.45, 2.75) is 18.4 Å². The summed E-state index contributed by atoms with van der Waals surface area (Å²) in [7, 11) is -3.85. The molecule has 0 fully saturated rings. The third kappa shape index (κ3) is 3.52. The van der Waals surface area contributed by atoms with E-state index < -0.39 is 10.0 Å². The van der Waals surface area contributed by atoms with Gasteiger partial charge in [-0.2, -0.15) is 0 Å². The monoisotopic (exact) mass is 330 g/mol. The maximum atomic E-state index is 12.3. The maximum absolute atomic E-state index is 12.3. The van der Waals surface area contributed by atoms with Gasteiger partial charge in [-0.25, -0.2) is 18.1 Å². The van der Waals surface area contributed by atoms with Crippen LogP contribution in [0.1, 0.15) is 13.3 Å². The number of imidazole rings is 1. The molecule has 2 aromatic heterocycles. The standard InChI is InChI=1S/C12H15ClN4O3S/c1-2-14-10(18)6-7-15-21(19,20)12-11(13)16-9-5-3-4-8-17(9)12/h3-5,8,15H,2,6-7H2,1H3,(H,14,18). The Morgan fingerprint density at radius 3 is 2.90 bits per heavy atom. The number of amides is 1. The molecule has 2 aromatic rings. The van der Waals surface area contributed by atoms with Gasteiger partial charge < -0.3 is 5.32 Å². The zero-order valence-corrected chi connectivity index (χ0v) is 12.9. The highest BCUT2D eigenvalue weighted by Crippen LogP contribution is 2.22. The zero-order chi connectivity index (χ0) is 15.5. The van der Waals surface area contributed by atoms with Crippen molar-refractivity contribution in [3.05, 3.63) is 29.5 Å². The normalized spacial score (nSPS) is 11.7. The first kappa shape index (κ1) is 15.7. The molecule has 0 radical (unpaired) electrons. The van der Waals surface area contributed by atoms with Crippen molar-refractivity contribution in [3.8, 4) is 0 Å². The molecule has 2 heterocycles. The average molecular weight is 331 g/mol. The molecule has 0 atom stereocenters. The fourth-order valence-corrected chi connectivity index (χ4v) is 3.51. The molecule has 0 unspecified atom stereocenters. The first-order chi connectivity index (χ1) is 9.95. The van der Waals surface area contributed by atoms with Crippen LogP contribution >= 0.6 is 11.6 Å². The number of carbonyl (C=O) groups is 1. The van der Waals surface area contributed by atoms with Crippen LogP contribution in [0.4, 0.5) is 0 Å². The van der Waals surface area contributed by atoms with Crippen LogP contribution in [-0.4, -0.2) is 36.8 Å². The van der Waals surface area contributed by atoms with Gasteiger partial charge >= 0.3 is 0 Å². The molecule has 0 spiro atoms. The molecule has 0 saturated carbocycles. The van der Waals surface area contributed by atoms with Gasteiger partial charge in [-0.15, -0.1) is 0 Å². The first-order valence-electron chi connectivity index (χ1n) is 6.34. The summed E-state index contributed by atoms with van der Waals surface area (Å²) in [6.07, 6.45) is 1.62. The van der Waals surface area contributed by atoms with Gasteiger partial charge in [0.1, 0.15) is 5.65 Å². The summed E-state index contributed by atoms with van der Waals surface area (Å²) in [5.74, 6) is -0.218. The van der Waals surface area contributed by atoms with Crippen LogP contribution in [0.5, 0.6) is 0 Å². The van der Waals surface area contributed by atoms with Crippen LogP contribution < -0.4 is 10.0 Å². The molecule has 2 N–H and O–H groups in total. The molecule has 0 aliphatic carbocycles. The molecule has 7 nitrogen and oxygen atoms in total. The van der Waals surface area contributed by atoms with Crippen molar-refractivity contribution in [1.82, 2.24) is 19.4 Å². The van der Waals surface area contributed by atoms with E-state index >= 15 is 0 Å². The second-order valence-corrected chi connectivity index (χ2v) is 6.28. The zero-order valence-electron chi connectivity index (χ0n) is 11.3. The number of nitrogens with one attached hydrogen (secondary N) is 2. The van der Waals surface area contributed by atoms with E-state index in [0.717, 1.165) is 0 Å². The van der Waals surface area contributed by atoms with Gasteiger partial charge in [0.15, 0.2) is 10.2 Å². The van der Waals surface area contributed by atoms with Gasteiger partial charge in [0.2, 0.25) is 5.91 Å². The Hall–Kier alpha value is -1.64. The highest BCUT2D eigenvalue weighted by Gasteiger charge is 2.23. The molecule has 21 heavy (non-hydrogen) atoms. The van der Waals surface area contributed by atoms with E-state index in [1.165, 1.54) is 4.40 Å². The molecule has 9 heteroatoms. The second-order valence-electron chi connectivity index (χ2n) is 4.24. The number of hydrogen-bond acceptors (Lipinski definition) is 4. The number of halogens is 1. The number of sulfonamides is 1. The number of carbonyl (C=O) groups excluding carboxylic acids is 1. The quantitative estimate of drug-likeness (QED) is 0.819. The lowest BCUT2D eigenvalue weighted by molar-refractivity contribution is -0.120. The third-order valence-corrected chi connectivity index (χ3v) is 4.58. The van der Waals surface area contributed by atoms with Crippen molar-refractivity contribution in [3.63, 3.8) is 0 Å². The Kier molecular flexibility index (Phi) is 4.81. The molecule has 0 aromatic carbocycles. The van der Waals surface area contributed by atoms with Gasteiger partial charge in [0, 0.05) is 25.7 Å². The summed E-state index contributed by atoms with van der Waals surface area (Å²) in [6.45, 7) is 2.29. The molecular formula is C12H15ClN4O3S. The topological polar surface area (TPSA) is 92.6 Å². The van der Waals surface area contributed by atoms with Crippen LogP contribution in [0.15, 0.2) is 29.4 Å². The predicted octanol–water partition coefficient (Wildman–Crippen LogP) is 0.792. The highest BCUT2D eigenvalue weighted by atomic mass is 35.5. The summed E-state index contributed by atoms with van der Waals surface area (Å²) in [4.78, 5) is 15.3. The van der Waals surface area contributed by atoms with Crippen molar-refractivity contribution in [2.75, 3.05) is 13.1 Å². The lowest BCUT2D eigenvalue weighted by Crippen LogP contribution is -2.31. The lowest BCUT2D eigenvalue weighted by atomic mass is 10.4. The molecule has 0 aliphatic rings. The Morgan fingerprint density at radius 1 is 1.43 bits per heavy atom. The molecule has 2 rings (SSSR count). The number of fused-ring (bicyclic) bond motifs is 1. The number of pyridine rings is 1. The molecule has 1 amide bonds. The minimum absolute atomic E-state index is 0.00936. The smallest absolute Gasteiger partial charge is 0.259 e. The summed E-state index contributed by atoms with van der Waals surface area (Å²) < 4.78 is 28.3. The Labute approximate surface area is 127 Å². The van der Waals surface area contributed by atoms with Gasteiger partial charge in [0.05, 0.1) is 0 Å². The molecule has 114 valence electrons. The van der Waals surface area contributed by atoms with Crippen molar-refractivity contribution >= 4 is 33.2 Å². The predicted molar refractivity (Wildman–Crippen MR) is 78.7 cm³/mol. The van der Waals surface area contributed by atoms with Gasteiger partial charge in [-0.1, -0.05) is 17.7 Å².